The number of sulfone groups is 1. The molecule has 0 atom stereocenters. The fraction of sp³-hybridized carbons (Fsp3) is 0.231. The minimum atomic E-state index is -3.33. The van der Waals surface area contributed by atoms with Crippen molar-refractivity contribution >= 4 is 33.1 Å². The summed E-state index contributed by atoms with van der Waals surface area (Å²) in [6, 6.07) is 5.06. The van der Waals surface area contributed by atoms with Gasteiger partial charge in [0, 0.05) is 6.26 Å². The molecule has 21 heavy (non-hydrogen) atoms. The van der Waals surface area contributed by atoms with Gasteiger partial charge in [0.2, 0.25) is 5.89 Å². The Morgan fingerprint density at radius 1 is 1.43 bits per heavy atom. The second-order valence-electron chi connectivity index (χ2n) is 4.80. The molecule has 0 bridgehead atoms. The molecule has 0 radical (unpaired) electrons. The lowest BCUT2D eigenvalue weighted by molar-refractivity contribution is 0.459. The molecule has 0 unspecified atom stereocenters. The van der Waals surface area contributed by atoms with Crippen molar-refractivity contribution in [3.05, 3.63) is 40.8 Å². The van der Waals surface area contributed by atoms with Crippen LogP contribution >= 0.6 is 12.2 Å². The first-order valence-corrected chi connectivity index (χ1v) is 8.49. The van der Waals surface area contributed by atoms with Gasteiger partial charge in [-0.2, -0.15) is 0 Å². The summed E-state index contributed by atoms with van der Waals surface area (Å²) in [4.78, 5) is 7.33. The number of benzene rings is 1. The number of aromatic nitrogens is 3. The number of hydrogen-bond acceptors (Lipinski definition) is 5. The molecule has 0 saturated heterocycles. The molecule has 0 fully saturated rings. The van der Waals surface area contributed by atoms with E-state index in [1.165, 1.54) is 6.26 Å². The van der Waals surface area contributed by atoms with E-state index in [0.29, 0.717) is 34.0 Å². The molecule has 3 rings (SSSR count). The van der Waals surface area contributed by atoms with Gasteiger partial charge in [-0.05, 0) is 31.3 Å². The van der Waals surface area contributed by atoms with E-state index < -0.39 is 9.84 Å². The maximum Gasteiger partial charge on any atom is 0.214 e. The smallest absolute Gasteiger partial charge is 0.214 e. The minimum absolute atomic E-state index is 0.230. The lowest BCUT2D eigenvalue weighted by Crippen LogP contribution is -2.01. The van der Waals surface area contributed by atoms with E-state index in [-0.39, 0.29) is 4.90 Å². The van der Waals surface area contributed by atoms with Crippen LogP contribution < -0.4 is 0 Å². The number of oxazole rings is 1. The molecule has 8 heteroatoms. The number of hydrogen-bond donors (Lipinski definition) is 1. The number of para-hydroxylation sites is 1. The molecule has 1 aromatic carbocycles. The van der Waals surface area contributed by atoms with Crippen LogP contribution in [0, 0.1) is 11.7 Å². The SMILES string of the molecule is Cc1cnc(Cn2c(=S)[nH]c3c(S(C)(=O)=O)cccc32)o1. The Morgan fingerprint density at radius 3 is 2.81 bits per heavy atom. The maximum atomic E-state index is 11.8. The predicted octanol–water partition coefficient (Wildman–Crippen LogP) is 2.45. The molecule has 0 aliphatic heterocycles. The van der Waals surface area contributed by atoms with E-state index in [0.717, 1.165) is 0 Å². The Balaban J connectivity index is 2.21. The first kappa shape index (κ1) is 14.0. The van der Waals surface area contributed by atoms with Crippen molar-refractivity contribution < 1.29 is 12.8 Å². The molecule has 0 spiro atoms. The number of fused-ring (bicyclic) bond motifs is 1. The highest BCUT2D eigenvalue weighted by Crippen LogP contribution is 2.23. The van der Waals surface area contributed by atoms with Gasteiger partial charge in [-0.15, -0.1) is 0 Å². The van der Waals surface area contributed by atoms with Gasteiger partial charge >= 0.3 is 0 Å². The Kier molecular flexibility index (Phi) is 3.22. The molecule has 110 valence electrons. The quantitative estimate of drug-likeness (QED) is 0.749. The van der Waals surface area contributed by atoms with Crippen LogP contribution in [-0.4, -0.2) is 29.2 Å². The summed E-state index contributed by atoms with van der Waals surface area (Å²) in [7, 11) is -3.33. The molecule has 1 N–H and O–H groups in total. The van der Waals surface area contributed by atoms with Gasteiger partial charge in [0.15, 0.2) is 14.6 Å². The molecular formula is C13H13N3O3S2. The normalized spacial score (nSPS) is 12.1. The summed E-state index contributed by atoms with van der Waals surface area (Å²) in [6.07, 6.45) is 2.81. The Bertz CT molecular complexity index is 980. The Labute approximate surface area is 126 Å². The zero-order valence-corrected chi connectivity index (χ0v) is 13.1. The van der Waals surface area contributed by atoms with Crippen LogP contribution in [-0.2, 0) is 16.4 Å². The van der Waals surface area contributed by atoms with Crippen LogP contribution in [0.1, 0.15) is 11.7 Å². The number of imidazole rings is 1. The van der Waals surface area contributed by atoms with E-state index in [4.69, 9.17) is 16.6 Å². The lowest BCUT2D eigenvalue weighted by Gasteiger charge is -2.03. The number of nitrogens with zero attached hydrogens (tertiary/aromatic N) is 2. The number of nitrogens with one attached hydrogen (secondary N) is 1. The number of aromatic amines is 1. The van der Waals surface area contributed by atoms with E-state index >= 15 is 0 Å². The maximum absolute atomic E-state index is 11.8. The zero-order valence-electron chi connectivity index (χ0n) is 11.5. The van der Waals surface area contributed by atoms with E-state index in [1.807, 2.05) is 13.0 Å². The molecule has 2 aromatic heterocycles. The van der Waals surface area contributed by atoms with Crippen LogP contribution in [0.3, 0.4) is 0 Å². The monoisotopic (exact) mass is 323 g/mol. The molecule has 0 aliphatic rings. The van der Waals surface area contributed by atoms with Crippen molar-refractivity contribution in [2.75, 3.05) is 6.26 Å². The van der Waals surface area contributed by atoms with Gasteiger partial charge in [-0.25, -0.2) is 13.4 Å². The van der Waals surface area contributed by atoms with Gasteiger partial charge in [0.1, 0.15) is 12.3 Å². The van der Waals surface area contributed by atoms with Gasteiger partial charge < -0.3 is 14.0 Å². The van der Waals surface area contributed by atoms with Crippen molar-refractivity contribution in [2.24, 2.45) is 0 Å². The molecule has 0 saturated carbocycles. The number of aryl methyl sites for hydroxylation is 1. The largest absolute Gasteiger partial charge is 0.444 e. The highest BCUT2D eigenvalue weighted by molar-refractivity contribution is 7.91. The summed E-state index contributed by atoms with van der Waals surface area (Å²) in [5, 5.41) is 0. The predicted molar refractivity (Wildman–Crippen MR) is 80.6 cm³/mol. The summed E-state index contributed by atoms with van der Waals surface area (Å²) < 4.78 is 31.3. The van der Waals surface area contributed by atoms with Crippen molar-refractivity contribution in [1.29, 1.82) is 0 Å². The average molecular weight is 323 g/mol. The fourth-order valence-electron chi connectivity index (χ4n) is 2.23. The molecule has 2 heterocycles. The van der Waals surface area contributed by atoms with E-state index in [9.17, 15) is 8.42 Å². The third kappa shape index (κ3) is 2.52. The summed E-state index contributed by atoms with van der Waals surface area (Å²) in [5.74, 6) is 1.24. The summed E-state index contributed by atoms with van der Waals surface area (Å²) >= 11 is 5.28. The van der Waals surface area contributed by atoms with Gasteiger partial charge in [0.05, 0.1) is 22.1 Å². The molecule has 3 aromatic rings. The van der Waals surface area contributed by atoms with Crippen molar-refractivity contribution in [2.45, 2.75) is 18.4 Å². The van der Waals surface area contributed by atoms with Gasteiger partial charge in [-0.3, -0.25) is 0 Å². The van der Waals surface area contributed by atoms with Crippen molar-refractivity contribution in [3.8, 4) is 0 Å². The van der Waals surface area contributed by atoms with Crippen LogP contribution in [0.4, 0.5) is 0 Å². The first-order chi connectivity index (χ1) is 9.86. The van der Waals surface area contributed by atoms with Crippen LogP contribution in [0.5, 0.6) is 0 Å². The number of rotatable bonds is 3. The Hall–Kier alpha value is -1.93. The molecule has 6 nitrogen and oxygen atoms in total. The van der Waals surface area contributed by atoms with Gasteiger partial charge in [-0.1, -0.05) is 6.07 Å². The van der Waals surface area contributed by atoms with Crippen LogP contribution in [0.15, 0.2) is 33.7 Å². The van der Waals surface area contributed by atoms with Crippen LogP contribution in [0.25, 0.3) is 11.0 Å². The minimum Gasteiger partial charge on any atom is -0.444 e. The second-order valence-corrected chi connectivity index (χ2v) is 7.17. The van der Waals surface area contributed by atoms with Crippen molar-refractivity contribution in [1.82, 2.24) is 14.5 Å². The molecular weight excluding hydrogens is 310 g/mol. The fourth-order valence-corrected chi connectivity index (χ4v) is 3.35. The third-order valence-electron chi connectivity index (χ3n) is 3.13. The highest BCUT2D eigenvalue weighted by atomic mass is 32.2. The summed E-state index contributed by atoms with van der Waals surface area (Å²) in [6.45, 7) is 2.16. The molecule has 0 aliphatic carbocycles. The van der Waals surface area contributed by atoms with Gasteiger partial charge in [0.25, 0.3) is 0 Å². The van der Waals surface area contributed by atoms with E-state index in [2.05, 4.69) is 9.97 Å². The third-order valence-corrected chi connectivity index (χ3v) is 4.60. The topological polar surface area (TPSA) is 80.9 Å². The first-order valence-electron chi connectivity index (χ1n) is 6.19. The Morgan fingerprint density at radius 2 is 2.19 bits per heavy atom. The molecule has 0 amide bonds. The standard InChI is InChI=1S/C13H13N3O3S2/c1-8-6-14-11(19-8)7-16-9-4-3-5-10(21(2,17)18)12(9)15-13(16)20/h3-6H,7H2,1-2H3,(H,15,20). The summed E-state index contributed by atoms with van der Waals surface area (Å²) in [5.41, 5.74) is 1.21. The van der Waals surface area contributed by atoms with Crippen LogP contribution in [0.2, 0.25) is 0 Å². The van der Waals surface area contributed by atoms with E-state index in [1.54, 1.807) is 22.9 Å². The zero-order chi connectivity index (χ0) is 15.2. The lowest BCUT2D eigenvalue weighted by atomic mass is 10.3. The second kappa shape index (κ2) is 4.81. The average Bonchev–Trinajstić information content (AvgIpc) is 2.93. The van der Waals surface area contributed by atoms with Crippen molar-refractivity contribution in [3.63, 3.8) is 0 Å². The number of H-pyrrole nitrogens is 1. The highest BCUT2D eigenvalue weighted by Gasteiger charge is 2.16.